The predicted octanol–water partition coefficient (Wildman–Crippen LogP) is 3.74. The van der Waals surface area contributed by atoms with Crippen LogP contribution >= 0.6 is 11.6 Å². The highest BCUT2D eigenvalue weighted by molar-refractivity contribution is 6.30. The van der Waals surface area contributed by atoms with Crippen LogP contribution in [0.1, 0.15) is 12.0 Å². The molecule has 2 N–H and O–H groups in total. The van der Waals surface area contributed by atoms with E-state index in [-0.39, 0.29) is 24.6 Å². The average molecular weight is 356 g/mol. The smallest absolute Gasteiger partial charge is 0.283 e. The van der Waals surface area contributed by atoms with E-state index in [1.165, 1.54) is 24.5 Å². The fraction of sp³-hybridized carbons (Fsp3) is 0.250. The van der Waals surface area contributed by atoms with E-state index in [2.05, 4.69) is 9.98 Å². The molecule has 126 valence electrons. The minimum Gasteiger partial charge on any atom is -0.465 e. The van der Waals surface area contributed by atoms with Gasteiger partial charge in [-0.25, -0.2) is 18.2 Å². The van der Waals surface area contributed by atoms with Crippen LogP contribution in [0.3, 0.4) is 0 Å². The van der Waals surface area contributed by atoms with Gasteiger partial charge in [0, 0.05) is 29.9 Å². The summed E-state index contributed by atoms with van der Waals surface area (Å²) in [6.07, 6.45) is -0.166. The Hall–Kier alpha value is -2.28. The summed E-state index contributed by atoms with van der Waals surface area (Å²) in [5.74, 6) is -0.785. The number of aliphatic imine (C=N–C) groups is 1. The molecule has 2 heterocycles. The summed E-state index contributed by atoms with van der Waals surface area (Å²) in [5, 5.41) is 0.385. The van der Waals surface area contributed by atoms with Crippen molar-refractivity contribution in [2.45, 2.75) is 18.4 Å². The lowest BCUT2D eigenvalue weighted by Crippen LogP contribution is -2.41. The molecule has 0 bridgehead atoms. The summed E-state index contributed by atoms with van der Waals surface area (Å²) in [7, 11) is 0. The number of nitrogens with zero attached hydrogens (tertiary/aromatic N) is 2. The number of amidine groups is 1. The molecule has 0 unspecified atom stereocenters. The van der Waals surface area contributed by atoms with Crippen molar-refractivity contribution in [3.05, 3.63) is 53.1 Å². The molecule has 1 aliphatic heterocycles. The molecule has 1 atom stereocenters. The number of halogens is 4. The van der Waals surface area contributed by atoms with Gasteiger partial charge in [-0.05, 0) is 23.8 Å². The molecule has 0 aliphatic carbocycles. The zero-order valence-corrected chi connectivity index (χ0v) is 13.1. The third-order valence-electron chi connectivity index (χ3n) is 3.87. The normalized spacial score (nSPS) is 20.6. The van der Waals surface area contributed by atoms with Gasteiger partial charge in [0.25, 0.3) is 12.4 Å². The Kier molecular flexibility index (Phi) is 4.36. The quantitative estimate of drug-likeness (QED) is 0.912. The summed E-state index contributed by atoms with van der Waals surface area (Å²) < 4.78 is 46.9. The van der Waals surface area contributed by atoms with E-state index in [0.717, 1.165) is 6.07 Å². The van der Waals surface area contributed by atoms with E-state index < -0.39 is 17.8 Å². The molecule has 24 heavy (non-hydrogen) atoms. The second-order valence-electron chi connectivity index (χ2n) is 5.36. The second kappa shape index (κ2) is 6.32. The van der Waals surface area contributed by atoms with Crippen LogP contribution in [0, 0.1) is 5.82 Å². The summed E-state index contributed by atoms with van der Waals surface area (Å²) in [4.78, 5) is 7.69. The number of aromatic nitrogens is 1. The maximum atomic E-state index is 14.4. The van der Waals surface area contributed by atoms with E-state index in [9.17, 15) is 13.2 Å². The lowest BCUT2D eigenvalue weighted by atomic mass is 9.85. The van der Waals surface area contributed by atoms with Crippen molar-refractivity contribution in [3.63, 3.8) is 0 Å². The zero-order chi connectivity index (χ0) is 17.3. The minimum absolute atomic E-state index is 0.0674. The van der Waals surface area contributed by atoms with Crippen molar-refractivity contribution >= 4 is 17.6 Å². The minimum atomic E-state index is -2.94. The highest BCUT2D eigenvalue weighted by atomic mass is 35.5. The topological polar surface area (TPSA) is 60.5 Å². The monoisotopic (exact) mass is 355 g/mol. The largest absolute Gasteiger partial charge is 0.465 e. The number of rotatable bonds is 3. The Morgan fingerprint density at radius 3 is 2.67 bits per heavy atom. The first-order valence-electron chi connectivity index (χ1n) is 7.09. The zero-order valence-electron chi connectivity index (χ0n) is 12.3. The molecular formula is C16H13ClF3N3O. The van der Waals surface area contributed by atoms with Crippen molar-refractivity contribution < 1.29 is 17.9 Å². The first-order chi connectivity index (χ1) is 11.4. The standard InChI is InChI=1S/C16H13ClF3N3O/c17-11-5-10(7-22-8-11)9-1-2-13(18)12(6-9)16(14(19)20)3-4-24-15(21)23-16/h1-2,5-8,14H,3-4H2,(H2,21,23)/t16-/m1/s1. The Bertz CT molecular complexity index is 800. The second-order valence-corrected chi connectivity index (χ2v) is 5.80. The molecule has 0 spiro atoms. The fourth-order valence-electron chi connectivity index (χ4n) is 2.67. The molecule has 2 aromatic rings. The first kappa shape index (κ1) is 16.6. The lowest BCUT2D eigenvalue weighted by Gasteiger charge is -2.33. The van der Waals surface area contributed by atoms with Crippen LogP contribution in [0.15, 0.2) is 41.7 Å². The summed E-state index contributed by atoms with van der Waals surface area (Å²) in [6, 6.07) is 5.16. The third kappa shape index (κ3) is 2.91. The van der Waals surface area contributed by atoms with Crippen LogP contribution in [-0.4, -0.2) is 24.0 Å². The molecule has 3 rings (SSSR count). The van der Waals surface area contributed by atoms with Gasteiger partial charge in [0.2, 0.25) is 0 Å². The molecule has 1 aliphatic rings. The van der Waals surface area contributed by atoms with Gasteiger partial charge in [-0.2, -0.15) is 0 Å². The number of pyridine rings is 1. The molecule has 0 radical (unpaired) electrons. The van der Waals surface area contributed by atoms with Crippen molar-refractivity contribution in [2.75, 3.05) is 6.61 Å². The van der Waals surface area contributed by atoms with Crippen molar-refractivity contribution in [1.29, 1.82) is 0 Å². The molecular weight excluding hydrogens is 343 g/mol. The number of alkyl halides is 2. The van der Waals surface area contributed by atoms with Crippen LogP contribution in [0.2, 0.25) is 5.02 Å². The Morgan fingerprint density at radius 1 is 1.21 bits per heavy atom. The van der Waals surface area contributed by atoms with Crippen LogP contribution in [0.25, 0.3) is 11.1 Å². The number of ether oxygens (including phenoxy) is 1. The van der Waals surface area contributed by atoms with Gasteiger partial charge < -0.3 is 10.5 Å². The molecule has 4 nitrogen and oxygen atoms in total. The highest BCUT2D eigenvalue weighted by Crippen LogP contribution is 2.41. The van der Waals surface area contributed by atoms with Gasteiger partial charge in [-0.3, -0.25) is 4.98 Å². The molecule has 1 aromatic carbocycles. The molecule has 0 saturated heterocycles. The van der Waals surface area contributed by atoms with Gasteiger partial charge in [0.15, 0.2) is 5.54 Å². The number of benzene rings is 1. The Morgan fingerprint density at radius 2 is 2.00 bits per heavy atom. The Balaban J connectivity index is 2.16. The maximum absolute atomic E-state index is 14.4. The summed E-state index contributed by atoms with van der Waals surface area (Å²) >= 11 is 5.90. The van der Waals surface area contributed by atoms with E-state index >= 15 is 0 Å². The highest BCUT2D eigenvalue weighted by Gasteiger charge is 2.46. The van der Waals surface area contributed by atoms with Crippen LogP contribution in [-0.2, 0) is 10.3 Å². The van der Waals surface area contributed by atoms with E-state index in [0.29, 0.717) is 16.1 Å². The first-order valence-corrected chi connectivity index (χ1v) is 7.47. The Labute approximate surface area is 141 Å². The van der Waals surface area contributed by atoms with Gasteiger partial charge in [0.1, 0.15) is 5.82 Å². The lowest BCUT2D eigenvalue weighted by molar-refractivity contribution is 0.0247. The van der Waals surface area contributed by atoms with E-state index in [1.807, 2.05) is 0 Å². The molecule has 8 heteroatoms. The van der Waals surface area contributed by atoms with Crippen molar-refractivity contribution in [1.82, 2.24) is 4.98 Å². The molecule has 1 aromatic heterocycles. The molecule has 0 amide bonds. The van der Waals surface area contributed by atoms with Gasteiger partial charge in [0.05, 0.1) is 11.6 Å². The number of nitrogens with two attached hydrogens (primary N) is 1. The van der Waals surface area contributed by atoms with Crippen molar-refractivity contribution in [2.24, 2.45) is 10.7 Å². The number of hydrogen-bond donors (Lipinski definition) is 1. The summed E-state index contributed by atoms with van der Waals surface area (Å²) in [5.41, 5.74) is 4.22. The van der Waals surface area contributed by atoms with E-state index in [4.69, 9.17) is 22.1 Å². The van der Waals surface area contributed by atoms with Crippen LogP contribution < -0.4 is 5.73 Å². The van der Waals surface area contributed by atoms with Gasteiger partial charge >= 0.3 is 0 Å². The van der Waals surface area contributed by atoms with Crippen LogP contribution in [0.4, 0.5) is 13.2 Å². The number of hydrogen-bond acceptors (Lipinski definition) is 4. The predicted molar refractivity (Wildman–Crippen MR) is 84.5 cm³/mol. The fourth-order valence-corrected chi connectivity index (χ4v) is 2.85. The average Bonchev–Trinajstić information content (AvgIpc) is 2.55. The SMILES string of the molecule is NC1=N[C@](c2cc(-c3cncc(Cl)c3)ccc2F)(C(F)F)CCO1. The third-order valence-corrected chi connectivity index (χ3v) is 4.08. The van der Waals surface area contributed by atoms with Gasteiger partial charge in [-0.1, -0.05) is 17.7 Å². The summed E-state index contributed by atoms with van der Waals surface area (Å²) in [6.45, 7) is -0.0674. The molecule has 0 fully saturated rings. The van der Waals surface area contributed by atoms with Gasteiger partial charge in [-0.15, -0.1) is 0 Å². The van der Waals surface area contributed by atoms with E-state index in [1.54, 1.807) is 6.07 Å². The van der Waals surface area contributed by atoms with Crippen molar-refractivity contribution in [3.8, 4) is 11.1 Å². The molecule has 0 saturated carbocycles. The maximum Gasteiger partial charge on any atom is 0.283 e. The van der Waals surface area contributed by atoms with Crippen LogP contribution in [0.5, 0.6) is 0 Å².